The molecule has 18 atom stereocenters. The fourth-order valence-electron chi connectivity index (χ4n) is 8.34. The summed E-state index contributed by atoms with van der Waals surface area (Å²) in [6, 6.07) is 0. The SMILES string of the molecule is CC(=O)/C(C)=C/C=C/C=C/CC/C=C/C(C)C(O)C(C)C(O)/C=C/C=C/C=C/C=C/C=C/C=C/CC(O)C(C)C(O)CC(O)CC(O)/C=C/CC(O)CC(O)CC(O)/C=C/CC(O)CC(O)C(O)C(O)CC(O)CC(O)CCCN=C(N)N. The first kappa shape index (κ1) is 78.2. The predicted octanol–water partition coefficient (Wildman–Crippen LogP) is 3.70. The van der Waals surface area contributed by atoms with E-state index in [4.69, 9.17) is 11.5 Å². The van der Waals surface area contributed by atoms with E-state index >= 15 is 0 Å². The number of aliphatic hydroxyl groups is 15. The number of hydrogen-bond donors (Lipinski definition) is 17. The van der Waals surface area contributed by atoms with Gasteiger partial charge in [-0.25, -0.2) is 0 Å². The molecule has 0 saturated heterocycles. The van der Waals surface area contributed by atoms with Crippen molar-refractivity contribution in [2.75, 3.05) is 6.54 Å². The Morgan fingerprint density at radius 2 is 0.880 bits per heavy atom. The van der Waals surface area contributed by atoms with Crippen molar-refractivity contribution < 1.29 is 81.4 Å². The average Bonchev–Trinajstić information content (AvgIpc) is 3.43. The number of hydrogen-bond acceptors (Lipinski definition) is 17. The molecule has 0 aliphatic rings. The number of aliphatic hydroxyl groups excluding tert-OH is 15. The van der Waals surface area contributed by atoms with Gasteiger partial charge in [0.1, 0.15) is 6.10 Å². The Balaban J connectivity index is 4.53. The maximum atomic E-state index is 11.2. The van der Waals surface area contributed by atoms with Crippen LogP contribution in [-0.4, -0.2) is 186 Å². The number of aliphatic imine (C=N–C) groups is 1. The van der Waals surface area contributed by atoms with Gasteiger partial charge in [-0.05, 0) is 83.6 Å². The van der Waals surface area contributed by atoms with Gasteiger partial charge in [-0.2, -0.15) is 0 Å². The Morgan fingerprint density at radius 3 is 1.45 bits per heavy atom. The molecule has 19 N–H and O–H groups in total. The van der Waals surface area contributed by atoms with Gasteiger partial charge in [-0.1, -0.05) is 161 Å². The van der Waals surface area contributed by atoms with Crippen molar-refractivity contribution in [1.29, 1.82) is 0 Å². The standard InChI is InChI=1S/C64H105N3O16/c1-44(48(5)68)27-20-16-12-11-13-17-21-28-45(2)62(82)47(4)58(78)35-23-19-15-10-8-6-7-9-14-18-22-34-57(77)46(3)59(79)42-55(75)39-51(71)30-24-29-49(69)37-54(74)38-50(70)31-25-32-53(73)41-60(80)63(83)61(81)43-56(76)40-52(72)33-26-36-67-64(65)66/h6-12,14-16,18-25,27-28,30-31,35,45-47,49-63,69-83H,13,17,26,29,32-34,36-43H2,1-5H3,(H4,65,66,67)/b7-6+,10-8+,12-11+,14-9+,19-15+,20-16+,22-18+,28-21+,30-24+,31-25+,35-23+,44-27+. The van der Waals surface area contributed by atoms with E-state index < -0.39 is 97.5 Å². The van der Waals surface area contributed by atoms with E-state index in [2.05, 4.69) is 4.99 Å². The molecule has 83 heavy (non-hydrogen) atoms. The van der Waals surface area contributed by atoms with Crippen LogP contribution in [0.25, 0.3) is 0 Å². The quantitative estimate of drug-likeness (QED) is 0.0103. The van der Waals surface area contributed by atoms with Crippen molar-refractivity contribution in [1.82, 2.24) is 0 Å². The van der Waals surface area contributed by atoms with Crippen molar-refractivity contribution in [3.05, 3.63) is 145 Å². The monoisotopic (exact) mass is 1170 g/mol. The minimum absolute atomic E-state index is 0.0448. The first-order chi connectivity index (χ1) is 39.2. The maximum Gasteiger partial charge on any atom is 0.185 e. The zero-order chi connectivity index (χ0) is 62.7. The molecule has 19 nitrogen and oxygen atoms in total. The van der Waals surface area contributed by atoms with Gasteiger partial charge in [-0.3, -0.25) is 9.79 Å². The van der Waals surface area contributed by atoms with Gasteiger partial charge >= 0.3 is 0 Å². The minimum atomic E-state index is -1.69. The number of unbranched alkanes of at least 4 members (excludes halogenated alkanes) is 1. The van der Waals surface area contributed by atoms with Gasteiger partial charge in [-0.15, -0.1) is 0 Å². The number of Topliss-reactive ketones (excluding diaryl/α,β-unsaturated/α-hetero) is 1. The Hall–Kier alpha value is -4.78. The van der Waals surface area contributed by atoms with E-state index in [-0.39, 0.29) is 87.8 Å². The number of nitrogens with two attached hydrogens (primary N) is 2. The summed E-state index contributed by atoms with van der Waals surface area (Å²) in [6.07, 6.45) is 25.0. The highest BCUT2D eigenvalue weighted by atomic mass is 16.4. The Labute approximate surface area is 493 Å². The zero-order valence-electron chi connectivity index (χ0n) is 49.5. The maximum absolute atomic E-state index is 11.2. The first-order valence-corrected chi connectivity index (χ1v) is 29.0. The Bertz CT molecular complexity index is 2110. The van der Waals surface area contributed by atoms with E-state index in [0.29, 0.717) is 25.0 Å². The number of nitrogens with zero attached hydrogens (tertiary/aromatic N) is 1. The van der Waals surface area contributed by atoms with Gasteiger partial charge in [0.15, 0.2) is 11.7 Å². The number of rotatable bonds is 46. The molecule has 0 fully saturated rings. The number of guanidine groups is 1. The van der Waals surface area contributed by atoms with Gasteiger partial charge in [0.05, 0.1) is 85.5 Å². The summed E-state index contributed by atoms with van der Waals surface area (Å²) in [5, 5.41) is 156. The second kappa shape index (κ2) is 47.5. The van der Waals surface area contributed by atoms with Crippen LogP contribution in [0, 0.1) is 17.8 Å². The highest BCUT2D eigenvalue weighted by molar-refractivity contribution is 5.92. The van der Waals surface area contributed by atoms with Crippen molar-refractivity contribution in [2.24, 2.45) is 34.2 Å². The molecule has 0 amide bonds. The van der Waals surface area contributed by atoms with Crippen molar-refractivity contribution >= 4 is 11.7 Å². The van der Waals surface area contributed by atoms with Gasteiger partial charge in [0.25, 0.3) is 0 Å². The molecule has 0 aromatic heterocycles. The Morgan fingerprint density at radius 1 is 0.422 bits per heavy atom. The third-order valence-electron chi connectivity index (χ3n) is 13.8. The minimum Gasteiger partial charge on any atom is -0.393 e. The second-order valence-corrected chi connectivity index (χ2v) is 21.6. The lowest BCUT2D eigenvalue weighted by molar-refractivity contribution is -0.113. The van der Waals surface area contributed by atoms with Crippen molar-refractivity contribution in [3.63, 3.8) is 0 Å². The summed E-state index contributed by atoms with van der Waals surface area (Å²) in [5.74, 6) is -1.11. The molecule has 0 heterocycles. The molecule has 0 saturated carbocycles. The van der Waals surface area contributed by atoms with E-state index in [0.717, 1.165) is 12.8 Å². The summed E-state index contributed by atoms with van der Waals surface area (Å²) in [4.78, 5) is 15.0. The lowest BCUT2D eigenvalue weighted by Crippen LogP contribution is -2.41. The van der Waals surface area contributed by atoms with Crippen LogP contribution in [0.1, 0.15) is 125 Å². The molecule has 0 bridgehead atoms. The summed E-state index contributed by atoms with van der Waals surface area (Å²) >= 11 is 0. The normalized spacial score (nSPS) is 20.1. The highest BCUT2D eigenvalue weighted by Gasteiger charge is 2.30. The van der Waals surface area contributed by atoms with Crippen LogP contribution < -0.4 is 11.5 Å². The molecule has 19 heteroatoms. The van der Waals surface area contributed by atoms with E-state index in [1.807, 2.05) is 86.8 Å². The molecule has 0 aliphatic carbocycles. The van der Waals surface area contributed by atoms with Crippen molar-refractivity contribution in [2.45, 2.75) is 216 Å². The smallest absolute Gasteiger partial charge is 0.185 e. The molecular weight excluding hydrogens is 1070 g/mol. The van der Waals surface area contributed by atoms with Crippen LogP contribution in [0.15, 0.2) is 150 Å². The first-order valence-electron chi connectivity index (χ1n) is 29.0. The lowest BCUT2D eigenvalue weighted by atomic mass is 9.88. The number of allylic oxidation sites excluding steroid dienone is 17. The molecular formula is C64H105N3O16. The molecule has 0 aromatic rings. The molecule has 472 valence electrons. The summed E-state index contributed by atoms with van der Waals surface area (Å²) in [5.41, 5.74) is 11.2. The van der Waals surface area contributed by atoms with E-state index in [9.17, 15) is 81.4 Å². The third-order valence-corrected chi connectivity index (χ3v) is 13.8. The second-order valence-electron chi connectivity index (χ2n) is 21.6. The van der Waals surface area contributed by atoms with Crippen LogP contribution in [0.4, 0.5) is 0 Å². The molecule has 0 aromatic carbocycles. The molecule has 18 unspecified atom stereocenters. The average molecular weight is 1170 g/mol. The topological polar surface area (TPSA) is 385 Å². The summed E-state index contributed by atoms with van der Waals surface area (Å²) < 4.78 is 0. The molecule has 0 spiro atoms. The van der Waals surface area contributed by atoms with E-state index in [1.54, 1.807) is 56.4 Å². The van der Waals surface area contributed by atoms with Crippen LogP contribution in [0.5, 0.6) is 0 Å². The molecule has 0 aliphatic heterocycles. The molecule has 0 radical (unpaired) electrons. The van der Waals surface area contributed by atoms with Crippen LogP contribution in [-0.2, 0) is 4.79 Å². The van der Waals surface area contributed by atoms with Crippen LogP contribution >= 0.6 is 0 Å². The van der Waals surface area contributed by atoms with Gasteiger partial charge < -0.3 is 88.1 Å². The van der Waals surface area contributed by atoms with Crippen LogP contribution in [0.3, 0.4) is 0 Å². The largest absolute Gasteiger partial charge is 0.393 e. The summed E-state index contributed by atoms with van der Waals surface area (Å²) in [6.45, 7) is 9.02. The number of carbonyl (C=O) groups excluding carboxylic acids is 1. The van der Waals surface area contributed by atoms with Crippen molar-refractivity contribution in [3.8, 4) is 0 Å². The molecule has 0 rings (SSSR count). The van der Waals surface area contributed by atoms with E-state index in [1.165, 1.54) is 31.2 Å². The lowest BCUT2D eigenvalue weighted by Gasteiger charge is -2.26. The highest BCUT2D eigenvalue weighted by Crippen LogP contribution is 2.22. The third kappa shape index (κ3) is 41.8. The number of ketones is 1. The Kier molecular flexibility index (Phi) is 44.7. The van der Waals surface area contributed by atoms with Gasteiger partial charge in [0, 0.05) is 50.0 Å². The van der Waals surface area contributed by atoms with Crippen LogP contribution in [0.2, 0.25) is 0 Å². The predicted molar refractivity (Wildman–Crippen MR) is 328 cm³/mol. The zero-order valence-corrected chi connectivity index (χ0v) is 49.5. The summed E-state index contributed by atoms with van der Waals surface area (Å²) in [7, 11) is 0. The van der Waals surface area contributed by atoms with Gasteiger partial charge in [0.2, 0.25) is 0 Å². The fourth-order valence-corrected chi connectivity index (χ4v) is 8.34. The number of carbonyl (C=O) groups is 1. The fraction of sp³-hybridized carbons (Fsp3) is 0.594.